The molecular formula is C20H21FN2S. The second kappa shape index (κ2) is 7.01. The summed E-state index contributed by atoms with van der Waals surface area (Å²) < 4.78 is 15.2. The van der Waals surface area contributed by atoms with E-state index in [0.29, 0.717) is 0 Å². The molecule has 1 saturated heterocycles. The Balaban J connectivity index is 1.83. The Hall–Kier alpha value is -1.75. The van der Waals surface area contributed by atoms with Gasteiger partial charge in [0.2, 0.25) is 0 Å². The van der Waals surface area contributed by atoms with Gasteiger partial charge in [0.15, 0.2) is 0 Å². The molecule has 1 aliphatic rings. The number of halogens is 1. The van der Waals surface area contributed by atoms with Gasteiger partial charge in [-0.25, -0.2) is 4.39 Å². The van der Waals surface area contributed by atoms with Gasteiger partial charge in [-0.3, -0.25) is 4.90 Å². The van der Waals surface area contributed by atoms with Gasteiger partial charge in [0.25, 0.3) is 0 Å². The minimum absolute atomic E-state index is 0.108. The molecule has 1 N–H and O–H groups in total. The predicted octanol–water partition coefficient (Wildman–Crippen LogP) is 4.43. The van der Waals surface area contributed by atoms with E-state index in [9.17, 15) is 4.39 Å². The number of nitrogens with one attached hydrogen (secondary N) is 1. The summed E-state index contributed by atoms with van der Waals surface area (Å²) in [6.45, 7) is 4.04. The molecule has 0 aliphatic carbocycles. The highest BCUT2D eigenvalue weighted by molar-refractivity contribution is 7.17. The number of nitrogens with zero attached hydrogens (tertiary/aromatic N) is 1. The van der Waals surface area contributed by atoms with Crippen LogP contribution in [0.2, 0.25) is 0 Å². The van der Waals surface area contributed by atoms with E-state index in [1.165, 1.54) is 21.7 Å². The van der Waals surface area contributed by atoms with Gasteiger partial charge in [-0.15, -0.1) is 11.3 Å². The zero-order valence-corrected chi connectivity index (χ0v) is 14.4. The number of benzene rings is 2. The molecule has 0 saturated carbocycles. The molecule has 1 aromatic heterocycles. The summed E-state index contributed by atoms with van der Waals surface area (Å²) in [4.78, 5) is 2.49. The second-order valence-electron chi connectivity index (χ2n) is 6.28. The molecule has 2 nitrogen and oxygen atoms in total. The molecule has 0 spiro atoms. The molecule has 1 unspecified atom stereocenters. The summed E-state index contributed by atoms with van der Waals surface area (Å²) >= 11 is 1.77. The highest BCUT2D eigenvalue weighted by atomic mass is 32.1. The van der Waals surface area contributed by atoms with Crippen LogP contribution in [0.4, 0.5) is 4.39 Å². The van der Waals surface area contributed by atoms with Gasteiger partial charge in [-0.05, 0) is 53.1 Å². The second-order valence-corrected chi connectivity index (χ2v) is 7.20. The highest BCUT2D eigenvalue weighted by Gasteiger charge is 2.25. The van der Waals surface area contributed by atoms with Crippen LogP contribution in [-0.2, 0) is 0 Å². The van der Waals surface area contributed by atoms with E-state index in [2.05, 4.69) is 45.9 Å². The van der Waals surface area contributed by atoms with Crippen LogP contribution < -0.4 is 5.32 Å². The molecule has 0 bridgehead atoms. The van der Waals surface area contributed by atoms with Crippen LogP contribution >= 0.6 is 11.3 Å². The Morgan fingerprint density at radius 2 is 1.96 bits per heavy atom. The molecule has 1 fully saturated rings. The van der Waals surface area contributed by atoms with Crippen LogP contribution in [0.5, 0.6) is 0 Å². The highest BCUT2D eigenvalue weighted by Crippen LogP contribution is 2.37. The van der Waals surface area contributed by atoms with Crippen LogP contribution in [0, 0.1) is 5.82 Å². The maximum absolute atomic E-state index is 13.9. The first-order valence-corrected chi connectivity index (χ1v) is 9.37. The van der Waals surface area contributed by atoms with E-state index in [1.807, 2.05) is 6.07 Å². The Morgan fingerprint density at radius 3 is 2.88 bits per heavy atom. The molecule has 1 atom stereocenters. The summed E-state index contributed by atoms with van der Waals surface area (Å²) in [7, 11) is 0. The maximum Gasteiger partial charge on any atom is 0.123 e. The molecule has 0 radical (unpaired) electrons. The standard InChI is InChI=1S/C20H21FN2S/c21-16-6-3-5-15(13-16)20(23-11-4-9-22-10-12-23)18-14-24-19-8-2-1-7-17(18)19/h1-3,5-8,13-14,20,22H,4,9-12H2. The third-order valence-electron chi connectivity index (χ3n) is 4.71. The predicted molar refractivity (Wildman–Crippen MR) is 99.1 cm³/mol. The average Bonchev–Trinajstić information content (AvgIpc) is 2.83. The van der Waals surface area contributed by atoms with Crippen LogP contribution in [0.15, 0.2) is 53.9 Å². The summed E-state index contributed by atoms with van der Waals surface area (Å²) in [5.41, 5.74) is 2.34. The number of thiophene rings is 1. The normalized spacial score (nSPS) is 17.7. The molecule has 0 amide bonds. The fourth-order valence-corrected chi connectivity index (χ4v) is 4.58. The quantitative estimate of drug-likeness (QED) is 0.759. The fourth-order valence-electron chi connectivity index (χ4n) is 3.60. The summed E-state index contributed by atoms with van der Waals surface area (Å²) in [5, 5.41) is 7.00. The molecule has 2 aromatic carbocycles. The first-order valence-electron chi connectivity index (χ1n) is 8.49. The topological polar surface area (TPSA) is 15.3 Å². The first-order chi connectivity index (χ1) is 11.8. The van der Waals surface area contributed by atoms with Crippen molar-refractivity contribution in [3.8, 4) is 0 Å². The molecule has 24 heavy (non-hydrogen) atoms. The van der Waals surface area contributed by atoms with Crippen LogP contribution in [0.25, 0.3) is 10.1 Å². The van der Waals surface area contributed by atoms with Crippen molar-refractivity contribution in [2.45, 2.75) is 12.5 Å². The van der Waals surface area contributed by atoms with Crippen LogP contribution in [-0.4, -0.2) is 31.1 Å². The number of fused-ring (bicyclic) bond motifs is 1. The third kappa shape index (κ3) is 3.09. The fraction of sp³-hybridized carbons (Fsp3) is 0.300. The van der Waals surface area contributed by atoms with Crippen molar-refractivity contribution >= 4 is 21.4 Å². The van der Waals surface area contributed by atoms with Crippen molar-refractivity contribution in [1.29, 1.82) is 0 Å². The largest absolute Gasteiger partial charge is 0.315 e. The van der Waals surface area contributed by atoms with Crippen molar-refractivity contribution in [2.75, 3.05) is 26.2 Å². The Labute approximate surface area is 145 Å². The van der Waals surface area contributed by atoms with E-state index in [4.69, 9.17) is 0 Å². The number of rotatable bonds is 3. The molecule has 4 heteroatoms. The van der Waals surface area contributed by atoms with Crippen molar-refractivity contribution in [3.63, 3.8) is 0 Å². The zero-order chi connectivity index (χ0) is 16.4. The Bertz CT molecular complexity index is 821. The van der Waals surface area contributed by atoms with Gasteiger partial charge < -0.3 is 5.32 Å². The average molecular weight is 340 g/mol. The van der Waals surface area contributed by atoms with E-state index in [1.54, 1.807) is 17.4 Å². The monoisotopic (exact) mass is 340 g/mol. The van der Waals surface area contributed by atoms with Crippen LogP contribution in [0.3, 0.4) is 0 Å². The molecule has 124 valence electrons. The molecular weight excluding hydrogens is 319 g/mol. The summed E-state index contributed by atoms with van der Waals surface area (Å²) in [6.07, 6.45) is 1.12. The van der Waals surface area contributed by atoms with E-state index < -0.39 is 0 Å². The summed E-state index contributed by atoms with van der Waals surface area (Å²) in [6, 6.07) is 15.7. The minimum Gasteiger partial charge on any atom is -0.315 e. The Kier molecular flexibility index (Phi) is 4.60. The Morgan fingerprint density at radius 1 is 1.04 bits per heavy atom. The molecule has 4 rings (SSSR count). The minimum atomic E-state index is -0.162. The van der Waals surface area contributed by atoms with Crippen LogP contribution in [0.1, 0.15) is 23.6 Å². The van der Waals surface area contributed by atoms with Gasteiger partial charge >= 0.3 is 0 Å². The lowest BCUT2D eigenvalue weighted by atomic mass is 9.96. The van der Waals surface area contributed by atoms with E-state index >= 15 is 0 Å². The SMILES string of the molecule is Fc1cccc(C(c2csc3ccccc23)N2CCCNCC2)c1. The van der Waals surface area contributed by atoms with Gasteiger partial charge in [0.05, 0.1) is 6.04 Å². The van der Waals surface area contributed by atoms with E-state index in [-0.39, 0.29) is 11.9 Å². The zero-order valence-electron chi connectivity index (χ0n) is 13.5. The lowest BCUT2D eigenvalue weighted by molar-refractivity contribution is 0.242. The van der Waals surface area contributed by atoms with Crippen molar-refractivity contribution in [3.05, 3.63) is 70.9 Å². The van der Waals surface area contributed by atoms with Crippen molar-refractivity contribution in [2.24, 2.45) is 0 Å². The summed E-state index contributed by atoms with van der Waals surface area (Å²) in [5.74, 6) is -0.162. The lowest BCUT2D eigenvalue weighted by Crippen LogP contribution is -2.33. The van der Waals surface area contributed by atoms with Gasteiger partial charge in [0.1, 0.15) is 5.82 Å². The lowest BCUT2D eigenvalue weighted by Gasteiger charge is -2.31. The third-order valence-corrected chi connectivity index (χ3v) is 5.69. The molecule has 3 aromatic rings. The van der Waals surface area contributed by atoms with Crippen molar-refractivity contribution < 1.29 is 4.39 Å². The first kappa shape index (κ1) is 15.8. The maximum atomic E-state index is 13.9. The van der Waals surface area contributed by atoms with Gasteiger partial charge in [-0.1, -0.05) is 30.3 Å². The van der Waals surface area contributed by atoms with Gasteiger partial charge in [-0.2, -0.15) is 0 Å². The number of hydrogen-bond acceptors (Lipinski definition) is 3. The van der Waals surface area contributed by atoms with Crippen molar-refractivity contribution in [1.82, 2.24) is 10.2 Å². The molecule has 2 heterocycles. The molecule has 1 aliphatic heterocycles. The van der Waals surface area contributed by atoms with E-state index in [0.717, 1.165) is 38.2 Å². The number of hydrogen-bond donors (Lipinski definition) is 1. The van der Waals surface area contributed by atoms with Gasteiger partial charge in [0, 0.05) is 24.3 Å². The smallest absolute Gasteiger partial charge is 0.123 e.